The minimum atomic E-state index is -0.384. The number of nitrogens with zero attached hydrogens (tertiary/aromatic N) is 3. The lowest BCUT2D eigenvalue weighted by atomic mass is 10.1. The van der Waals surface area contributed by atoms with Crippen LogP contribution in [-0.4, -0.2) is 20.8 Å². The van der Waals surface area contributed by atoms with Crippen molar-refractivity contribution in [1.82, 2.24) is 14.8 Å². The van der Waals surface area contributed by atoms with E-state index in [9.17, 15) is 4.39 Å². The number of hydrogen-bond acceptors (Lipinski definition) is 4. The van der Waals surface area contributed by atoms with Gasteiger partial charge in [-0.25, -0.2) is 14.1 Å². The lowest BCUT2D eigenvalue weighted by Crippen LogP contribution is -2.17. The molecule has 1 atom stereocenters. The maximum Gasteiger partial charge on any atom is 0.165 e. The summed E-state index contributed by atoms with van der Waals surface area (Å²) < 4.78 is 21.1. The van der Waals surface area contributed by atoms with Crippen LogP contribution >= 0.6 is 0 Å². The molecule has 5 nitrogen and oxygen atoms in total. The summed E-state index contributed by atoms with van der Waals surface area (Å²) in [6.07, 6.45) is 2.10. The number of nitrogens with two attached hydrogens (primary N) is 1. The van der Waals surface area contributed by atoms with E-state index in [1.807, 2.05) is 19.9 Å². The Hall–Kier alpha value is -1.95. The fourth-order valence-electron chi connectivity index (χ4n) is 1.97. The molecule has 0 saturated carbocycles. The van der Waals surface area contributed by atoms with Crippen LogP contribution in [0.15, 0.2) is 24.5 Å². The summed E-state index contributed by atoms with van der Waals surface area (Å²) in [5.74, 6) is 0.501. The van der Waals surface area contributed by atoms with Gasteiger partial charge in [0.05, 0.1) is 0 Å². The third kappa shape index (κ3) is 3.54. The molecule has 6 heteroatoms. The van der Waals surface area contributed by atoms with E-state index < -0.39 is 0 Å². The smallest absolute Gasteiger partial charge is 0.165 e. The molecule has 0 aliphatic heterocycles. The Kier molecular flexibility index (Phi) is 4.68. The van der Waals surface area contributed by atoms with E-state index in [1.165, 1.54) is 12.4 Å². The molecule has 1 aromatic carbocycles. The zero-order valence-electron chi connectivity index (χ0n) is 11.7. The van der Waals surface area contributed by atoms with E-state index in [0.29, 0.717) is 18.8 Å². The topological polar surface area (TPSA) is 66.0 Å². The Morgan fingerprint density at radius 1 is 1.45 bits per heavy atom. The molecule has 0 aliphatic carbocycles. The largest absolute Gasteiger partial charge is 0.483 e. The summed E-state index contributed by atoms with van der Waals surface area (Å²) in [5.41, 5.74) is 6.56. The fourth-order valence-corrected chi connectivity index (χ4v) is 1.97. The highest BCUT2D eigenvalue weighted by Gasteiger charge is 2.09. The van der Waals surface area contributed by atoms with E-state index >= 15 is 0 Å². The van der Waals surface area contributed by atoms with Gasteiger partial charge in [-0.15, -0.1) is 0 Å². The molecule has 2 rings (SSSR count). The molecule has 108 valence electrons. The number of rotatable bonds is 6. The molecular weight excluding hydrogens is 259 g/mol. The van der Waals surface area contributed by atoms with Crippen LogP contribution in [0.1, 0.15) is 25.2 Å². The first-order valence-corrected chi connectivity index (χ1v) is 6.63. The molecular formula is C14H19FN4O. The van der Waals surface area contributed by atoms with Crippen LogP contribution in [0.25, 0.3) is 0 Å². The summed E-state index contributed by atoms with van der Waals surface area (Å²) >= 11 is 0. The van der Waals surface area contributed by atoms with E-state index in [4.69, 9.17) is 10.5 Å². The van der Waals surface area contributed by atoms with Crippen LogP contribution in [-0.2, 0) is 19.6 Å². The zero-order chi connectivity index (χ0) is 14.5. The molecule has 20 heavy (non-hydrogen) atoms. The zero-order valence-corrected chi connectivity index (χ0v) is 11.7. The van der Waals surface area contributed by atoms with Crippen LogP contribution in [0.5, 0.6) is 5.75 Å². The Balaban J connectivity index is 2.03. The van der Waals surface area contributed by atoms with Crippen LogP contribution < -0.4 is 10.5 Å². The first-order valence-electron chi connectivity index (χ1n) is 6.63. The van der Waals surface area contributed by atoms with Gasteiger partial charge in [-0.1, -0.05) is 6.07 Å². The molecule has 1 heterocycles. The molecule has 0 fully saturated rings. The van der Waals surface area contributed by atoms with E-state index in [1.54, 1.807) is 10.7 Å². The Morgan fingerprint density at radius 3 is 2.90 bits per heavy atom. The first-order chi connectivity index (χ1) is 9.60. The highest BCUT2D eigenvalue weighted by atomic mass is 19.1. The predicted molar refractivity (Wildman–Crippen MR) is 73.8 cm³/mol. The summed E-state index contributed by atoms with van der Waals surface area (Å²) in [4.78, 5) is 4.08. The minimum absolute atomic E-state index is 0.00396. The fraction of sp³-hybridized carbons (Fsp3) is 0.429. The summed E-state index contributed by atoms with van der Waals surface area (Å²) in [5, 5.41) is 4.03. The van der Waals surface area contributed by atoms with E-state index in [2.05, 4.69) is 10.1 Å². The van der Waals surface area contributed by atoms with Gasteiger partial charge >= 0.3 is 0 Å². The highest BCUT2D eigenvalue weighted by molar-refractivity contribution is 5.29. The van der Waals surface area contributed by atoms with Gasteiger partial charge in [0.2, 0.25) is 0 Å². The maximum absolute atomic E-state index is 13.9. The monoisotopic (exact) mass is 278 g/mol. The maximum atomic E-state index is 13.9. The van der Waals surface area contributed by atoms with Crippen molar-refractivity contribution in [1.29, 1.82) is 0 Å². The predicted octanol–water partition coefficient (Wildman–Crippen LogP) is 1.91. The van der Waals surface area contributed by atoms with Gasteiger partial charge in [0.15, 0.2) is 17.4 Å². The summed E-state index contributed by atoms with van der Waals surface area (Å²) in [6, 6.07) is 4.92. The molecule has 1 unspecified atom stereocenters. The highest BCUT2D eigenvalue weighted by Crippen LogP contribution is 2.20. The van der Waals surface area contributed by atoms with Gasteiger partial charge in [0.1, 0.15) is 12.9 Å². The molecule has 2 aromatic rings. The van der Waals surface area contributed by atoms with Gasteiger partial charge in [0.25, 0.3) is 0 Å². The van der Waals surface area contributed by atoms with E-state index in [0.717, 1.165) is 5.56 Å². The van der Waals surface area contributed by atoms with Crippen LogP contribution in [0.2, 0.25) is 0 Å². The molecule has 0 radical (unpaired) electrons. The van der Waals surface area contributed by atoms with Crippen LogP contribution in [0.3, 0.4) is 0 Å². The normalized spacial score (nSPS) is 12.4. The Bertz CT molecular complexity index is 568. The number of hydrogen-bond donors (Lipinski definition) is 1. The number of ether oxygens (including phenoxy) is 1. The number of benzene rings is 1. The second kappa shape index (κ2) is 6.47. The van der Waals surface area contributed by atoms with Gasteiger partial charge in [-0.05, 0) is 38.0 Å². The lowest BCUT2D eigenvalue weighted by Gasteiger charge is -2.10. The first kappa shape index (κ1) is 14.5. The molecule has 0 aliphatic rings. The Labute approximate surface area is 117 Å². The lowest BCUT2D eigenvalue weighted by molar-refractivity contribution is 0.273. The van der Waals surface area contributed by atoms with Gasteiger partial charge in [-0.3, -0.25) is 0 Å². The Morgan fingerprint density at radius 2 is 2.25 bits per heavy atom. The second-order valence-electron chi connectivity index (χ2n) is 4.73. The third-order valence-corrected chi connectivity index (χ3v) is 2.91. The minimum Gasteiger partial charge on any atom is -0.483 e. The second-order valence-corrected chi connectivity index (χ2v) is 4.73. The van der Waals surface area contributed by atoms with Crippen molar-refractivity contribution in [2.24, 2.45) is 5.73 Å². The van der Waals surface area contributed by atoms with Gasteiger partial charge in [0, 0.05) is 12.6 Å². The number of aromatic nitrogens is 3. The molecule has 0 amide bonds. The molecule has 0 spiro atoms. The summed E-state index contributed by atoms with van der Waals surface area (Å²) in [7, 11) is 0. The standard InChI is InChI=1S/C14H19FN4O/c1-3-19-14(17-9-18-19)8-20-13-5-4-11(6-10(2)16)7-12(13)15/h4-5,7,9-10H,3,6,8,16H2,1-2H3. The van der Waals surface area contributed by atoms with Crippen molar-refractivity contribution < 1.29 is 9.13 Å². The average Bonchev–Trinajstić information content (AvgIpc) is 2.84. The van der Waals surface area contributed by atoms with E-state index in [-0.39, 0.29) is 24.2 Å². The van der Waals surface area contributed by atoms with Crippen LogP contribution in [0, 0.1) is 5.82 Å². The molecule has 0 bridgehead atoms. The SMILES string of the molecule is CCn1ncnc1COc1ccc(CC(C)N)cc1F. The summed E-state index contributed by atoms with van der Waals surface area (Å²) in [6.45, 7) is 4.74. The van der Waals surface area contributed by atoms with Crippen molar-refractivity contribution >= 4 is 0 Å². The van der Waals surface area contributed by atoms with Gasteiger partial charge in [-0.2, -0.15) is 5.10 Å². The quantitative estimate of drug-likeness (QED) is 0.876. The van der Waals surface area contributed by atoms with Crippen molar-refractivity contribution in [3.05, 3.63) is 41.7 Å². The molecule has 1 aromatic heterocycles. The van der Waals surface area contributed by atoms with Crippen molar-refractivity contribution in [2.45, 2.75) is 39.5 Å². The van der Waals surface area contributed by atoms with Crippen molar-refractivity contribution in [3.8, 4) is 5.75 Å². The van der Waals surface area contributed by atoms with Crippen molar-refractivity contribution in [2.75, 3.05) is 0 Å². The average molecular weight is 278 g/mol. The third-order valence-electron chi connectivity index (χ3n) is 2.91. The number of aryl methyl sites for hydroxylation is 1. The van der Waals surface area contributed by atoms with Gasteiger partial charge < -0.3 is 10.5 Å². The van der Waals surface area contributed by atoms with Crippen LogP contribution in [0.4, 0.5) is 4.39 Å². The molecule has 2 N–H and O–H groups in total. The van der Waals surface area contributed by atoms with Crippen molar-refractivity contribution in [3.63, 3.8) is 0 Å². The molecule has 0 saturated heterocycles. The number of halogens is 1.